The first-order chi connectivity index (χ1) is 6.61. The average molecular weight is 383 g/mol. The Morgan fingerprint density at radius 2 is 2.21 bits per heavy atom. The molecule has 1 aromatic carbocycles. The van der Waals surface area contributed by atoms with E-state index in [4.69, 9.17) is 5.11 Å². The van der Waals surface area contributed by atoms with Crippen molar-refractivity contribution in [1.82, 2.24) is 0 Å². The van der Waals surface area contributed by atoms with Gasteiger partial charge in [-0.25, -0.2) is 4.79 Å². The molecule has 0 aliphatic heterocycles. The average Bonchev–Trinajstić information content (AvgIpc) is 2.43. The van der Waals surface area contributed by atoms with Gasteiger partial charge in [-0.05, 0) is 50.7 Å². The van der Waals surface area contributed by atoms with E-state index in [1.165, 1.54) is 0 Å². The molecule has 1 N–H and O–H groups in total. The van der Waals surface area contributed by atoms with E-state index in [0.717, 1.165) is 17.4 Å². The maximum atomic E-state index is 11.0. The highest BCUT2D eigenvalue weighted by Crippen LogP contribution is 2.37. The lowest BCUT2D eigenvalue weighted by Gasteiger charge is -1.96. The largest absolute Gasteiger partial charge is 0.478 e. The summed E-state index contributed by atoms with van der Waals surface area (Å²) in [5, 5.41) is 9.83. The fourth-order valence-corrected chi connectivity index (χ4v) is 3.92. The van der Waals surface area contributed by atoms with Crippen molar-refractivity contribution in [2.45, 2.75) is 0 Å². The molecule has 0 saturated carbocycles. The molecule has 2 nitrogen and oxygen atoms in total. The highest BCUT2D eigenvalue weighted by molar-refractivity contribution is 14.1. The lowest BCUT2D eigenvalue weighted by molar-refractivity contribution is 0.0699. The molecule has 0 atom stereocenters. The lowest BCUT2D eigenvalue weighted by atomic mass is 10.1. The molecule has 0 aliphatic rings. The molecule has 0 radical (unpaired) electrons. The van der Waals surface area contributed by atoms with Crippen LogP contribution >= 0.6 is 49.9 Å². The predicted octanol–water partition coefficient (Wildman–Crippen LogP) is 3.97. The summed E-state index contributed by atoms with van der Waals surface area (Å²) in [6.45, 7) is 0. The van der Waals surface area contributed by atoms with Gasteiger partial charge in [0, 0.05) is 13.7 Å². The van der Waals surface area contributed by atoms with Crippen molar-refractivity contribution in [3.8, 4) is 0 Å². The Bertz CT molecular complexity index is 521. The lowest BCUT2D eigenvalue weighted by Crippen LogP contribution is -1.96. The topological polar surface area (TPSA) is 37.3 Å². The second kappa shape index (κ2) is 3.79. The quantitative estimate of drug-likeness (QED) is 0.758. The number of rotatable bonds is 1. The Hall–Kier alpha value is -0.140. The third-order valence-electron chi connectivity index (χ3n) is 1.85. The number of carboxylic acids is 1. The number of aromatic carboxylic acids is 1. The van der Waals surface area contributed by atoms with Gasteiger partial charge in [0.1, 0.15) is 0 Å². The first-order valence-corrected chi connectivity index (χ1v) is 6.40. The molecule has 72 valence electrons. The molecule has 0 amide bonds. The maximum absolute atomic E-state index is 11.0. The normalized spacial score (nSPS) is 10.7. The van der Waals surface area contributed by atoms with Gasteiger partial charge in [-0.2, -0.15) is 0 Å². The standard InChI is InChI=1S/C9H4BrIO2S/c10-8-7(11)6-4(9(12)13)2-1-3-5(6)14-8/h1-3H,(H,12,13). The van der Waals surface area contributed by atoms with Crippen molar-refractivity contribution < 1.29 is 9.90 Å². The van der Waals surface area contributed by atoms with Gasteiger partial charge in [0.2, 0.25) is 0 Å². The number of thiophene rings is 1. The van der Waals surface area contributed by atoms with E-state index in [9.17, 15) is 4.79 Å². The molecule has 5 heteroatoms. The molecule has 0 fully saturated rings. The Morgan fingerprint density at radius 3 is 2.86 bits per heavy atom. The van der Waals surface area contributed by atoms with Gasteiger partial charge in [-0.15, -0.1) is 11.3 Å². The fraction of sp³-hybridized carbons (Fsp3) is 0. The second-order valence-corrected chi connectivity index (χ2v) is 6.12. The van der Waals surface area contributed by atoms with Crippen molar-refractivity contribution >= 4 is 65.9 Å². The van der Waals surface area contributed by atoms with Crippen LogP contribution in [0.4, 0.5) is 0 Å². The maximum Gasteiger partial charge on any atom is 0.336 e. The van der Waals surface area contributed by atoms with Crippen molar-refractivity contribution in [2.24, 2.45) is 0 Å². The molecule has 1 aromatic heterocycles. The zero-order chi connectivity index (χ0) is 10.3. The van der Waals surface area contributed by atoms with Crippen molar-refractivity contribution in [3.63, 3.8) is 0 Å². The van der Waals surface area contributed by atoms with E-state index in [1.54, 1.807) is 23.5 Å². The van der Waals surface area contributed by atoms with Crippen LogP contribution < -0.4 is 0 Å². The first kappa shape index (κ1) is 10.4. The van der Waals surface area contributed by atoms with E-state index < -0.39 is 5.97 Å². The first-order valence-electron chi connectivity index (χ1n) is 3.71. The molecule has 1 heterocycles. The summed E-state index contributed by atoms with van der Waals surface area (Å²) in [5.41, 5.74) is 0.369. The zero-order valence-corrected chi connectivity index (χ0v) is 11.3. The van der Waals surface area contributed by atoms with E-state index in [0.29, 0.717) is 5.56 Å². The second-order valence-electron chi connectivity index (χ2n) is 2.67. The summed E-state index contributed by atoms with van der Waals surface area (Å²) in [4.78, 5) is 11.0. The fourth-order valence-electron chi connectivity index (χ4n) is 1.26. The number of hydrogen-bond donors (Lipinski definition) is 1. The van der Waals surface area contributed by atoms with E-state index in [1.807, 2.05) is 6.07 Å². The summed E-state index contributed by atoms with van der Waals surface area (Å²) >= 11 is 7.12. The predicted molar refractivity (Wildman–Crippen MR) is 69.2 cm³/mol. The van der Waals surface area contributed by atoms with Crippen LogP contribution in [0.2, 0.25) is 0 Å². The van der Waals surface area contributed by atoms with Crippen LogP contribution in [0.1, 0.15) is 10.4 Å². The number of fused-ring (bicyclic) bond motifs is 1. The van der Waals surface area contributed by atoms with Crippen molar-refractivity contribution in [2.75, 3.05) is 0 Å². The van der Waals surface area contributed by atoms with Crippen molar-refractivity contribution in [3.05, 3.63) is 31.1 Å². The van der Waals surface area contributed by atoms with Gasteiger partial charge in [-0.3, -0.25) is 0 Å². The molecule has 0 bridgehead atoms. The Labute approximate surface area is 106 Å². The van der Waals surface area contributed by atoms with Gasteiger partial charge < -0.3 is 5.11 Å². The molecule has 0 aliphatic carbocycles. The number of carbonyl (C=O) groups is 1. The monoisotopic (exact) mass is 382 g/mol. The number of halogens is 2. The SMILES string of the molecule is O=C(O)c1cccc2sc(Br)c(I)c12. The minimum Gasteiger partial charge on any atom is -0.478 e. The highest BCUT2D eigenvalue weighted by atomic mass is 127. The summed E-state index contributed by atoms with van der Waals surface area (Å²) in [6, 6.07) is 5.33. The van der Waals surface area contributed by atoms with E-state index in [-0.39, 0.29) is 0 Å². The van der Waals surface area contributed by atoms with Gasteiger partial charge in [-0.1, -0.05) is 6.07 Å². The van der Waals surface area contributed by atoms with Crippen LogP contribution in [0.15, 0.2) is 22.0 Å². The number of carboxylic acid groups (broad SMARTS) is 1. The summed E-state index contributed by atoms with van der Waals surface area (Å²) < 4.78 is 2.96. The van der Waals surface area contributed by atoms with Crippen LogP contribution in [0.25, 0.3) is 10.1 Å². The van der Waals surface area contributed by atoms with Crippen molar-refractivity contribution in [1.29, 1.82) is 0 Å². The molecule has 0 saturated heterocycles. The molecule has 14 heavy (non-hydrogen) atoms. The van der Waals surface area contributed by atoms with Crippen LogP contribution in [0.5, 0.6) is 0 Å². The smallest absolute Gasteiger partial charge is 0.336 e. The van der Waals surface area contributed by atoms with Crippen LogP contribution in [0.3, 0.4) is 0 Å². The van der Waals surface area contributed by atoms with E-state index in [2.05, 4.69) is 38.5 Å². The molecule has 0 spiro atoms. The van der Waals surface area contributed by atoms with Crippen LogP contribution in [-0.4, -0.2) is 11.1 Å². The minimum atomic E-state index is -0.876. The van der Waals surface area contributed by atoms with Crippen LogP contribution in [-0.2, 0) is 0 Å². The van der Waals surface area contributed by atoms with Gasteiger partial charge in [0.25, 0.3) is 0 Å². The molecular weight excluding hydrogens is 379 g/mol. The van der Waals surface area contributed by atoms with E-state index >= 15 is 0 Å². The Balaban J connectivity index is 2.91. The van der Waals surface area contributed by atoms with Gasteiger partial charge in [0.05, 0.1) is 9.35 Å². The molecule has 0 unspecified atom stereocenters. The third kappa shape index (κ3) is 1.57. The zero-order valence-electron chi connectivity index (χ0n) is 6.75. The molecule has 2 rings (SSSR count). The van der Waals surface area contributed by atoms with Gasteiger partial charge in [0.15, 0.2) is 0 Å². The summed E-state index contributed by atoms with van der Waals surface area (Å²) in [6.07, 6.45) is 0. The Morgan fingerprint density at radius 1 is 1.50 bits per heavy atom. The summed E-state index contributed by atoms with van der Waals surface area (Å²) in [7, 11) is 0. The van der Waals surface area contributed by atoms with Gasteiger partial charge >= 0.3 is 5.97 Å². The third-order valence-corrected chi connectivity index (χ3v) is 5.86. The molecular formula is C9H4BrIO2S. The summed E-state index contributed by atoms with van der Waals surface area (Å²) in [5.74, 6) is -0.876. The number of benzene rings is 1. The number of hydrogen-bond acceptors (Lipinski definition) is 2. The minimum absolute atomic E-state index is 0.369. The van der Waals surface area contributed by atoms with Crippen LogP contribution in [0, 0.1) is 3.57 Å². The molecule has 2 aromatic rings. The Kier molecular flexibility index (Phi) is 2.81. The highest BCUT2D eigenvalue weighted by Gasteiger charge is 2.15.